The number of hydrogen-bond acceptors (Lipinski definition) is 4. The first kappa shape index (κ1) is 18.9. The van der Waals surface area contributed by atoms with Crippen LogP contribution >= 0.6 is 15.9 Å². The van der Waals surface area contributed by atoms with E-state index in [0.29, 0.717) is 23.4 Å². The highest BCUT2D eigenvalue weighted by Crippen LogP contribution is 2.28. The summed E-state index contributed by atoms with van der Waals surface area (Å²) < 4.78 is 30.9. The molecule has 6 nitrogen and oxygen atoms in total. The van der Waals surface area contributed by atoms with Crippen LogP contribution in [0.3, 0.4) is 0 Å². The van der Waals surface area contributed by atoms with Crippen LogP contribution in [-0.4, -0.2) is 23.2 Å². The predicted molar refractivity (Wildman–Crippen MR) is 115 cm³/mol. The number of fused-ring (bicyclic) bond motifs is 2. The lowest BCUT2D eigenvalue weighted by Crippen LogP contribution is -2.13. The standard InChI is InChI=1S/C20H19BrN4O2S/c1-2-3-12-25-20-17(13-14-6-4-5-7-18(14)22-20)19(23-25)24-28(26,27)16-10-8-15(21)9-11-16/h4-11,13H,2-3,12H2,1H3,(H,23,24). The number of nitrogens with one attached hydrogen (secondary N) is 1. The molecule has 4 aromatic rings. The predicted octanol–water partition coefficient (Wildman–Crippen LogP) is 4.95. The molecule has 2 aromatic carbocycles. The highest BCUT2D eigenvalue weighted by atomic mass is 79.9. The number of sulfonamides is 1. The van der Waals surface area contributed by atoms with Gasteiger partial charge in [0.2, 0.25) is 0 Å². The number of anilines is 1. The zero-order valence-corrected chi connectivity index (χ0v) is 17.7. The minimum atomic E-state index is -3.76. The number of halogens is 1. The highest BCUT2D eigenvalue weighted by molar-refractivity contribution is 9.10. The Bertz CT molecular complexity index is 1250. The van der Waals surface area contributed by atoms with Gasteiger partial charge in [-0.15, -0.1) is 0 Å². The molecule has 2 heterocycles. The Labute approximate surface area is 171 Å². The minimum Gasteiger partial charge on any atom is -0.261 e. The number of para-hydroxylation sites is 1. The summed E-state index contributed by atoms with van der Waals surface area (Å²) in [4.78, 5) is 4.91. The molecule has 0 radical (unpaired) electrons. The maximum absolute atomic E-state index is 12.8. The molecule has 2 aromatic heterocycles. The van der Waals surface area contributed by atoms with E-state index in [1.54, 1.807) is 28.9 Å². The Morgan fingerprint density at radius 3 is 2.61 bits per heavy atom. The van der Waals surface area contributed by atoms with Gasteiger partial charge in [0, 0.05) is 16.4 Å². The molecule has 144 valence electrons. The van der Waals surface area contributed by atoms with Crippen LogP contribution in [0, 0.1) is 0 Å². The molecule has 4 rings (SSSR count). The van der Waals surface area contributed by atoms with E-state index in [4.69, 9.17) is 4.98 Å². The van der Waals surface area contributed by atoms with Crippen molar-refractivity contribution in [3.8, 4) is 0 Å². The first-order valence-corrected chi connectivity index (χ1v) is 11.3. The van der Waals surface area contributed by atoms with E-state index >= 15 is 0 Å². The maximum atomic E-state index is 12.8. The van der Waals surface area contributed by atoms with Gasteiger partial charge < -0.3 is 0 Å². The fourth-order valence-corrected chi connectivity index (χ4v) is 4.32. The van der Waals surface area contributed by atoms with Crippen molar-refractivity contribution in [1.29, 1.82) is 0 Å². The summed E-state index contributed by atoms with van der Waals surface area (Å²) in [6, 6.07) is 16.2. The van der Waals surface area contributed by atoms with Gasteiger partial charge in [0.25, 0.3) is 10.0 Å². The first-order chi connectivity index (χ1) is 13.5. The van der Waals surface area contributed by atoms with Crippen LogP contribution in [0.5, 0.6) is 0 Å². The van der Waals surface area contributed by atoms with E-state index in [1.165, 1.54) is 0 Å². The second-order valence-corrected chi connectivity index (χ2v) is 9.14. The molecule has 0 spiro atoms. The fraction of sp³-hybridized carbons (Fsp3) is 0.200. The van der Waals surface area contributed by atoms with E-state index in [1.807, 2.05) is 30.3 Å². The van der Waals surface area contributed by atoms with Crippen LogP contribution in [-0.2, 0) is 16.6 Å². The van der Waals surface area contributed by atoms with Crippen LogP contribution in [0.25, 0.3) is 21.9 Å². The topological polar surface area (TPSA) is 76.9 Å². The lowest BCUT2D eigenvalue weighted by Gasteiger charge is -2.06. The smallest absolute Gasteiger partial charge is 0.261 e. The molecule has 0 amide bonds. The number of pyridine rings is 1. The molecule has 0 unspecified atom stereocenters. The summed E-state index contributed by atoms with van der Waals surface area (Å²) in [5, 5.41) is 6.16. The molecule has 0 atom stereocenters. The second kappa shape index (κ2) is 7.52. The average molecular weight is 459 g/mol. The lowest BCUT2D eigenvalue weighted by molar-refractivity contribution is 0.584. The van der Waals surface area contributed by atoms with E-state index < -0.39 is 10.0 Å². The molecule has 0 aliphatic heterocycles. The molecule has 1 N–H and O–H groups in total. The fourth-order valence-electron chi connectivity index (χ4n) is 3.04. The number of aromatic nitrogens is 3. The Balaban J connectivity index is 1.83. The molecule has 28 heavy (non-hydrogen) atoms. The normalized spacial score (nSPS) is 11.9. The number of benzene rings is 2. The van der Waals surface area contributed by atoms with Gasteiger partial charge in [-0.2, -0.15) is 5.10 Å². The molecule has 0 saturated carbocycles. The molecule has 0 bridgehead atoms. The van der Waals surface area contributed by atoms with Crippen LogP contribution in [0.2, 0.25) is 0 Å². The zero-order valence-electron chi connectivity index (χ0n) is 15.3. The van der Waals surface area contributed by atoms with Gasteiger partial charge in [0.15, 0.2) is 11.5 Å². The Kier molecular flexibility index (Phi) is 5.07. The first-order valence-electron chi connectivity index (χ1n) is 9.02. The number of nitrogens with zero attached hydrogens (tertiary/aromatic N) is 3. The summed E-state index contributed by atoms with van der Waals surface area (Å²) in [6.07, 6.45) is 1.94. The quantitative estimate of drug-likeness (QED) is 0.443. The zero-order chi connectivity index (χ0) is 19.7. The Morgan fingerprint density at radius 1 is 1.11 bits per heavy atom. The van der Waals surface area contributed by atoms with Crippen molar-refractivity contribution in [2.75, 3.05) is 4.72 Å². The van der Waals surface area contributed by atoms with Crippen LogP contribution < -0.4 is 4.72 Å². The summed E-state index contributed by atoms with van der Waals surface area (Å²) >= 11 is 3.32. The van der Waals surface area contributed by atoms with Crippen LogP contribution in [0.1, 0.15) is 19.8 Å². The molecule has 8 heteroatoms. The van der Waals surface area contributed by atoms with Gasteiger partial charge in [-0.1, -0.05) is 47.5 Å². The minimum absolute atomic E-state index is 0.181. The molecular formula is C20H19BrN4O2S. The number of hydrogen-bond donors (Lipinski definition) is 1. The van der Waals surface area contributed by atoms with E-state index in [2.05, 4.69) is 32.7 Å². The second-order valence-electron chi connectivity index (χ2n) is 6.54. The number of rotatable bonds is 6. The van der Waals surface area contributed by atoms with Gasteiger partial charge in [-0.3, -0.25) is 4.72 Å². The largest absolute Gasteiger partial charge is 0.263 e. The van der Waals surface area contributed by atoms with Gasteiger partial charge >= 0.3 is 0 Å². The lowest BCUT2D eigenvalue weighted by atomic mass is 10.2. The van der Waals surface area contributed by atoms with Crippen molar-refractivity contribution in [2.45, 2.75) is 31.2 Å². The van der Waals surface area contributed by atoms with Gasteiger partial charge in [-0.25, -0.2) is 18.1 Å². The van der Waals surface area contributed by atoms with Gasteiger partial charge in [-0.05, 0) is 42.8 Å². The number of unbranched alkanes of at least 4 members (excludes halogenated alkanes) is 1. The van der Waals surface area contributed by atoms with Crippen molar-refractivity contribution >= 4 is 53.7 Å². The van der Waals surface area contributed by atoms with Gasteiger partial charge in [0.05, 0.1) is 15.8 Å². The van der Waals surface area contributed by atoms with E-state index in [0.717, 1.165) is 28.2 Å². The molecule has 0 aliphatic rings. The monoisotopic (exact) mass is 458 g/mol. The SMILES string of the molecule is CCCCn1nc(NS(=O)(=O)c2ccc(Br)cc2)c2cc3ccccc3nc21. The molecule has 0 aliphatic carbocycles. The highest BCUT2D eigenvalue weighted by Gasteiger charge is 2.20. The van der Waals surface area contributed by atoms with Crippen molar-refractivity contribution in [1.82, 2.24) is 14.8 Å². The maximum Gasteiger partial charge on any atom is 0.263 e. The molecule has 0 fully saturated rings. The van der Waals surface area contributed by atoms with E-state index in [9.17, 15) is 8.42 Å². The van der Waals surface area contributed by atoms with E-state index in [-0.39, 0.29) is 4.90 Å². The van der Waals surface area contributed by atoms with Crippen molar-refractivity contribution in [3.05, 3.63) is 59.1 Å². The van der Waals surface area contributed by atoms with Crippen molar-refractivity contribution in [2.24, 2.45) is 0 Å². The van der Waals surface area contributed by atoms with Crippen LogP contribution in [0.15, 0.2) is 64.0 Å². The molecule has 0 saturated heterocycles. The van der Waals surface area contributed by atoms with Crippen LogP contribution in [0.4, 0.5) is 5.82 Å². The Hall–Kier alpha value is -2.45. The summed E-state index contributed by atoms with van der Waals surface area (Å²) in [7, 11) is -3.76. The molecular weight excluding hydrogens is 440 g/mol. The third-order valence-corrected chi connectivity index (χ3v) is 6.39. The average Bonchev–Trinajstić information content (AvgIpc) is 3.01. The number of aryl methyl sites for hydroxylation is 1. The summed E-state index contributed by atoms with van der Waals surface area (Å²) in [5.41, 5.74) is 1.54. The Morgan fingerprint density at radius 2 is 1.86 bits per heavy atom. The third-order valence-electron chi connectivity index (χ3n) is 4.50. The van der Waals surface area contributed by atoms with Gasteiger partial charge in [0.1, 0.15) is 0 Å². The third kappa shape index (κ3) is 3.62. The summed E-state index contributed by atoms with van der Waals surface area (Å²) in [6.45, 7) is 2.78. The van der Waals surface area contributed by atoms with Crippen molar-refractivity contribution in [3.63, 3.8) is 0 Å². The van der Waals surface area contributed by atoms with Crippen molar-refractivity contribution < 1.29 is 8.42 Å². The summed E-state index contributed by atoms with van der Waals surface area (Å²) in [5.74, 6) is 0.298.